The Balaban J connectivity index is 1.64. The predicted molar refractivity (Wildman–Crippen MR) is 112 cm³/mol. The van der Waals surface area contributed by atoms with Crippen molar-refractivity contribution in [3.63, 3.8) is 0 Å². The normalized spacial score (nSPS) is 11.4. The van der Waals surface area contributed by atoms with E-state index >= 15 is 0 Å². The van der Waals surface area contributed by atoms with Crippen LogP contribution in [-0.4, -0.2) is 31.6 Å². The Bertz CT molecular complexity index is 1220. The summed E-state index contributed by atoms with van der Waals surface area (Å²) in [4.78, 5) is 25.6. The molecule has 0 fully saturated rings. The van der Waals surface area contributed by atoms with Crippen LogP contribution >= 0.6 is 0 Å². The lowest BCUT2D eigenvalue weighted by atomic mass is 10.1. The standard InChI is InChI=1S/C22H23N5O2/c1-15(2)20-24-25-21-22(29)26(17-10-6-7-11-18(17)27(20)21)14-19(28)23-13-12-16-8-4-3-5-9-16/h3-11,15H,12-14H2,1-2H3,(H,23,28). The number of carbonyl (C=O) groups is 1. The van der Waals surface area contributed by atoms with Crippen LogP contribution in [0.15, 0.2) is 59.4 Å². The zero-order chi connectivity index (χ0) is 20.4. The van der Waals surface area contributed by atoms with E-state index in [1.54, 1.807) is 4.40 Å². The lowest BCUT2D eigenvalue weighted by Gasteiger charge is -2.13. The van der Waals surface area contributed by atoms with Crippen LogP contribution in [-0.2, 0) is 17.8 Å². The van der Waals surface area contributed by atoms with Gasteiger partial charge in [0.2, 0.25) is 11.6 Å². The topological polar surface area (TPSA) is 81.3 Å². The van der Waals surface area contributed by atoms with Crippen molar-refractivity contribution in [2.24, 2.45) is 0 Å². The average molecular weight is 389 g/mol. The molecule has 7 heteroatoms. The van der Waals surface area contributed by atoms with E-state index in [1.807, 2.05) is 68.4 Å². The van der Waals surface area contributed by atoms with Crippen LogP contribution in [0.5, 0.6) is 0 Å². The molecule has 0 radical (unpaired) electrons. The van der Waals surface area contributed by atoms with Gasteiger partial charge < -0.3 is 5.32 Å². The van der Waals surface area contributed by atoms with E-state index in [2.05, 4.69) is 15.5 Å². The molecule has 2 heterocycles. The van der Waals surface area contributed by atoms with Gasteiger partial charge in [0.05, 0.1) is 11.0 Å². The number of amides is 1. The summed E-state index contributed by atoms with van der Waals surface area (Å²) in [5.41, 5.74) is 2.57. The Hall–Kier alpha value is -3.48. The zero-order valence-electron chi connectivity index (χ0n) is 16.5. The van der Waals surface area contributed by atoms with Crippen molar-refractivity contribution in [1.29, 1.82) is 0 Å². The number of nitrogens with one attached hydrogen (secondary N) is 1. The summed E-state index contributed by atoms with van der Waals surface area (Å²) in [5, 5.41) is 11.2. The van der Waals surface area contributed by atoms with Gasteiger partial charge in [-0.25, -0.2) is 0 Å². The molecule has 0 aliphatic rings. The second-order valence-electron chi connectivity index (χ2n) is 7.34. The fraction of sp³-hybridized carbons (Fsp3) is 0.273. The molecule has 0 saturated carbocycles. The van der Waals surface area contributed by atoms with Gasteiger partial charge in [-0.1, -0.05) is 56.3 Å². The van der Waals surface area contributed by atoms with Gasteiger partial charge in [0.15, 0.2) is 0 Å². The lowest BCUT2D eigenvalue weighted by Crippen LogP contribution is -2.34. The maximum absolute atomic E-state index is 13.1. The molecule has 0 unspecified atom stereocenters. The number of carbonyl (C=O) groups excluding carboxylic acids is 1. The number of benzene rings is 2. The molecule has 2 aromatic carbocycles. The maximum atomic E-state index is 13.1. The third-order valence-corrected chi connectivity index (χ3v) is 4.93. The van der Waals surface area contributed by atoms with Gasteiger partial charge in [0.25, 0.3) is 5.56 Å². The molecule has 29 heavy (non-hydrogen) atoms. The van der Waals surface area contributed by atoms with Crippen molar-refractivity contribution >= 4 is 22.6 Å². The second kappa shape index (κ2) is 7.87. The fourth-order valence-corrected chi connectivity index (χ4v) is 3.51. The van der Waals surface area contributed by atoms with Crippen molar-refractivity contribution in [2.45, 2.75) is 32.7 Å². The first-order valence-electron chi connectivity index (χ1n) is 9.73. The number of para-hydroxylation sites is 2. The smallest absolute Gasteiger partial charge is 0.297 e. The molecule has 0 spiro atoms. The molecular formula is C22H23N5O2. The first-order chi connectivity index (χ1) is 14.1. The van der Waals surface area contributed by atoms with E-state index in [1.165, 1.54) is 4.57 Å². The molecule has 0 bridgehead atoms. The van der Waals surface area contributed by atoms with Gasteiger partial charge in [0, 0.05) is 12.5 Å². The molecule has 0 aliphatic heterocycles. The third kappa shape index (κ3) is 3.63. The molecule has 0 atom stereocenters. The lowest BCUT2D eigenvalue weighted by molar-refractivity contribution is -0.121. The fourth-order valence-electron chi connectivity index (χ4n) is 3.51. The molecule has 4 rings (SSSR count). The molecule has 0 aliphatic carbocycles. The first-order valence-corrected chi connectivity index (χ1v) is 9.73. The molecule has 4 aromatic rings. The Morgan fingerprint density at radius 3 is 2.41 bits per heavy atom. The third-order valence-electron chi connectivity index (χ3n) is 4.93. The number of hydrogen-bond acceptors (Lipinski definition) is 4. The van der Waals surface area contributed by atoms with Crippen molar-refractivity contribution in [1.82, 2.24) is 24.5 Å². The number of nitrogens with zero attached hydrogens (tertiary/aromatic N) is 4. The Kier molecular flexibility index (Phi) is 5.12. The second-order valence-corrected chi connectivity index (χ2v) is 7.34. The van der Waals surface area contributed by atoms with Crippen LogP contribution in [0.25, 0.3) is 16.7 Å². The summed E-state index contributed by atoms with van der Waals surface area (Å²) in [6.45, 7) is 4.47. The number of aromatic nitrogens is 4. The molecule has 148 valence electrons. The molecule has 1 amide bonds. The SMILES string of the molecule is CC(C)c1nnc2c(=O)n(CC(=O)NCCc3ccccc3)c3ccccc3n12. The van der Waals surface area contributed by atoms with Crippen molar-refractivity contribution < 1.29 is 4.79 Å². The summed E-state index contributed by atoms with van der Waals surface area (Å²) in [5.74, 6) is 0.638. The minimum atomic E-state index is -0.318. The molecule has 7 nitrogen and oxygen atoms in total. The first kappa shape index (κ1) is 18.9. The summed E-state index contributed by atoms with van der Waals surface area (Å²) < 4.78 is 3.27. The molecule has 1 N–H and O–H groups in total. The van der Waals surface area contributed by atoms with E-state index in [0.717, 1.165) is 23.3 Å². The minimum Gasteiger partial charge on any atom is -0.354 e. The highest BCUT2D eigenvalue weighted by Crippen LogP contribution is 2.19. The van der Waals surface area contributed by atoms with Crippen molar-refractivity contribution in [2.75, 3.05) is 6.54 Å². The maximum Gasteiger partial charge on any atom is 0.297 e. The van der Waals surface area contributed by atoms with Gasteiger partial charge in [-0.2, -0.15) is 0 Å². The summed E-state index contributed by atoms with van der Waals surface area (Å²) in [7, 11) is 0. The van der Waals surface area contributed by atoms with Crippen LogP contribution in [0.2, 0.25) is 0 Å². The Labute approximate surface area is 168 Å². The largest absolute Gasteiger partial charge is 0.354 e. The van der Waals surface area contributed by atoms with Crippen LogP contribution in [0.3, 0.4) is 0 Å². The number of hydrogen-bond donors (Lipinski definition) is 1. The summed E-state index contributed by atoms with van der Waals surface area (Å²) in [6.07, 6.45) is 0.739. The van der Waals surface area contributed by atoms with Gasteiger partial charge in [-0.15, -0.1) is 10.2 Å². The van der Waals surface area contributed by atoms with Crippen LogP contribution in [0.1, 0.15) is 31.2 Å². The van der Waals surface area contributed by atoms with Crippen molar-refractivity contribution in [3.05, 3.63) is 76.3 Å². The highest BCUT2D eigenvalue weighted by molar-refractivity contribution is 5.82. The van der Waals surface area contributed by atoms with E-state index in [9.17, 15) is 9.59 Å². The highest BCUT2D eigenvalue weighted by atomic mass is 16.2. The van der Waals surface area contributed by atoms with E-state index in [0.29, 0.717) is 12.1 Å². The summed E-state index contributed by atoms with van der Waals surface area (Å²) in [6, 6.07) is 17.5. The van der Waals surface area contributed by atoms with Gasteiger partial charge in [-0.05, 0) is 24.1 Å². The van der Waals surface area contributed by atoms with Gasteiger partial charge >= 0.3 is 0 Å². The van der Waals surface area contributed by atoms with Gasteiger partial charge in [0.1, 0.15) is 12.4 Å². The Morgan fingerprint density at radius 2 is 1.69 bits per heavy atom. The minimum absolute atomic E-state index is 0.0610. The van der Waals surface area contributed by atoms with Crippen LogP contribution in [0, 0.1) is 0 Å². The molecule has 2 aromatic heterocycles. The number of rotatable bonds is 6. The van der Waals surface area contributed by atoms with E-state index in [4.69, 9.17) is 0 Å². The molecular weight excluding hydrogens is 366 g/mol. The number of fused-ring (bicyclic) bond motifs is 3. The van der Waals surface area contributed by atoms with Crippen LogP contribution < -0.4 is 10.9 Å². The van der Waals surface area contributed by atoms with Gasteiger partial charge in [-0.3, -0.25) is 18.6 Å². The van der Waals surface area contributed by atoms with E-state index < -0.39 is 0 Å². The van der Waals surface area contributed by atoms with Crippen LogP contribution in [0.4, 0.5) is 0 Å². The zero-order valence-corrected chi connectivity index (χ0v) is 16.5. The quantitative estimate of drug-likeness (QED) is 0.549. The predicted octanol–water partition coefficient (Wildman–Crippen LogP) is 2.53. The van der Waals surface area contributed by atoms with Crippen molar-refractivity contribution in [3.8, 4) is 0 Å². The average Bonchev–Trinajstić information content (AvgIpc) is 3.18. The monoisotopic (exact) mass is 389 g/mol. The van der Waals surface area contributed by atoms with E-state index in [-0.39, 0.29) is 29.6 Å². The molecule has 0 saturated heterocycles. The highest BCUT2D eigenvalue weighted by Gasteiger charge is 2.19. The Morgan fingerprint density at radius 1 is 1.00 bits per heavy atom. The summed E-state index contributed by atoms with van der Waals surface area (Å²) >= 11 is 0.